The number of rotatable bonds is 9. The van der Waals surface area contributed by atoms with Gasteiger partial charge in [-0.05, 0) is 79.9 Å². The van der Waals surface area contributed by atoms with Gasteiger partial charge in [-0.3, -0.25) is 4.79 Å². The summed E-state index contributed by atoms with van der Waals surface area (Å²) < 4.78 is 32.5. The van der Waals surface area contributed by atoms with Crippen LogP contribution in [-0.4, -0.2) is 29.6 Å². The maximum absolute atomic E-state index is 12.5. The predicted octanol–water partition coefficient (Wildman–Crippen LogP) is 5.75. The molecule has 0 saturated heterocycles. The Bertz CT molecular complexity index is 1560. The Hall–Kier alpha value is -3.36. The molecule has 7 nitrogen and oxygen atoms in total. The van der Waals surface area contributed by atoms with Crippen LogP contribution >= 0.6 is 11.6 Å². The molecule has 1 aromatic heterocycles. The molecule has 1 N–H and O–H groups in total. The molecule has 3 aromatic carbocycles. The van der Waals surface area contributed by atoms with Gasteiger partial charge in [-0.1, -0.05) is 30.7 Å². The molecule has 0 aliphatic heterocycles. The number of aromatic nitrogens is 2. The minimum absolute atomic E-state index is 0.0428. The Balaban J connectivity index is 1.24. The number of sulfone groups is 1. The molecule has 1 aliphatic carbocycles. The van der Waals surface area contributed by atoms with Gasteiger partial charge in [0.15, 0.2) is 21.3 Å². The van der Waals surface area contributed by atoms with Crippen molar-refractivity contribution in [3.63, 3.8) is 0 Å². The van der Waals surface area contributed by atoms with Crippen molar-refractivity contribution >= 4 is 44.1 Å². The monoisotopic (exact) mass is 537 g/mol. The number of anilines is 1. The van der Waals surface area contributed by atoms with Gasteiger partial charge in [-0.25, -0.2) is 13.4 Å². The van der Waals surface area contributed by atoms with E-state index in [1.165, 1.54) is 0 Å². The van der Waals surface area contributed by atoms with E-state index in [2.05, 4.69) is 16.8 Å². The first kappa shape index (κ1) is 25.3. The van der Waals surface area contributed by atoms with Crippen LogP contribution < -0.4 is 10.1 Å². The molecule has 37 heavy (non-hydrogen) atoms. The SMILES string of the molecule is CCn1c(C2(Oc3ccc(NC(=O)Cc4ccc(S(=O)(=O)CC)cc4)cc3)CC2)nc2cc(Cl)ccc21. The van der Waals surface area contributed by atoms with Gasteiger partial charge in [0.1, 0.15) is 5.75 Å². The maximum Gasteiger partial charge on any atom is 0.228 e. The number of imidazole rings is 1. The summed E-state index contributed by atoms with van der Waals surface area (Å²) in [6.45, 7) is 4.48. The minimum Gasteiger partial charge on any atom is -0.479 e. The lowest BCUT2D eigenvalue weighted by Crippen LogP contribution is -2.21. The number of halogens is 1. The predicted molar refractivity (Wildman–Crippen MR) is 145 cm³/mol. The first-order valence-electron chi connectivity index (χ1n) is 12.3. The van der Waals surface area contributed by atoms with E-state index in [-0.39, 0.29) is 23.0 Å². The van der Waals surface area contributed by atoms with Gasteiger partial charge in [-0.15, -0.1) is 0 Å². The lowest BCUT2D eigenvalue weighted by Gasteiger charge is -2.19. The van der Waals surface area contributed by atoms with E-state index >= 15 is 0 Å². The highest BCUT2D eigenvalue weighted by atomic mass is 35.5. The number of aryl methyl sites for hydroxylation is 1. The fourth-order valence-electron chi connectivity index (χ4n) is 4.46. The molecule has 1 amide bonds. The zero-order chi connectivity index (χ0) is 26.2. The molecule has 0 unspecified atom stereocenters. The molecule has 1 aliphatic rings. The van der Waals surface area contributed by atoms with E-state index in [1.807, 2.05) is 42.5 Å². The number of hydrogen-bond donors (Lipinski definition) is 1. The summed E-state index contributed by atoms with van der Waals surface area (Å²) >= 11 is 6.17. The number of benzene rings is 3. The second-order valence-electron chi connectivity index (χ2n) is 9.21. The van der Waals surface area contributed by atoms with Crippen molar-refractivity contribution in [2.75, 3.05) is 11.1 Å². The lowest BCUT2D eigenvalue weighted by molar-refractivity contribution is -0.115. The number of fused-ring (bicyclic) bond motifs is 1. The van der Waals surface area contributed by atoms with Crippen LogP contribution in [0.15, 0.2) is 71.6 Å². The van der Waals surface area contributed by atoms with Crippen molar-refractivity contribution in [2.24, 2.45) is 0 Å². The van der Waals surface area contributed by atoms with Crippen LogP contribution in [0.25, 0.3) is 11.0 Å². The van der Waals surface area contributed by atoms with Crippen molar-refractivity contribution in [3.8, 4) is 5.75 Å². The molecule has 4 aromatic rings. The smallest absolute Gasteiger partial charge is 0.228 e. The highest BCUT2D eigenvalue weighted by Crippen LogP contribution is 2.49. The van der Waals surface area contributed by atoms with Gasteiger partial charge in [0.05, 0.1) is 28.1 Å². The molecule has 1 fully saturated rings. The summed E-state index contributed by atoms with van der Waals surface area (Å²) in [5, 5.41) is 3.54. The van der Waals surface area contributed by atoms with E-state index < -0.39 is 15.4 Å². The Labute approximate surface area is 221 Å². The number of carbonyl (C=O) groups is 1. The first-order valence-corrected chi connectivity index (χ1v) is 14.3. The normalized spacial score (nSPS) is 14.5. The Kier molecular flexibility index (Phi) is 6.72. The van der Waals surface area contributed by atoms with Crippen molar-refractivity contribution in [1.29, 1.82) is 0 Å². The van der Waals surface area contributed by atoms with Crippen molar-refractivity contribution in [2.45, 2.75) is 50.2 Å². The molecule has 0 bridgehead atoms. The van der Waals surface area contributed by atoms with E-state index in [0.717, 1.165) is 41.8 Å². The molecule has 1 saturated carbocycles. The number of ether oxygens (including phenoxy) is 1. The summed E-state index contributed by atoms with van der Waals surface area (Å²) in [5.74, 6) is 1.47. The van der Waals surface area contributed by atoms with E-state index in [9.17, 15) is 13.2 Å². The fraction of sp³-hybridized carbons (Fsp3) is 0.286. The molecule has 192 valence electrons. The molecular weight excluding hydrogens is 510 g/mol. The van der Waals surface area contributed by atoms with Crippen LogP contribution in [0.2, 0.25) is 5.02 Å². The Morgan fingerprint density at radius 1 is 1.05 bits per heavy atom. The maximum atomic E-state index is 12.5. The van der Waals surface area contributed by atoms with Crippen molar-refractivity contribution in [3.05, 3.63) is 83.1 Å². The number of hydrogen-bond acceptors (Lipinski definition) is 5. The fourth-order valence-corrected chi connectivity index (χ4v) is 5.51. The highest BCUT2D eigenvalue weighted by molar-refractivity contribution is 7.91. The summed E-state index contributed by atoms with van der Waals surface area (Å²) in [4.78, 5) is 17.7. The van der Waals surface area contributed by atoms with Crippen LogP contribution in [0.1, 0.15) is 38.1 Å². The first-order chi connectivity index (χ1) is 17.7. The third kappa shape index (κ3) is 5.22. The second kappa shape index (κ2) is 9.84. The van der Waals surface area contributed by atoms with E-state index in [1.54, 1.807) is 31.2 Å². The summed E-state index contributed by atoms with van der Waals surface area (Å²) in [7, 11) is -3.26. The Morgan fingerprint density at radius 3 is 2.38 bits per heavy atom. The number of nitrogens with zero attached hydrogens (tertiary/aromatic N) is 2. The van der Waals surface area contributed by atoms with Gasteiger partial charge >= 0.3 is 0 Å². The lowest BCUT2D eigenvalue weighted by atomic mass is 10.1. The molecule has 5 rings (SSSR count). The number of carbonyl (C=O) groups excluding carboxylic acids is 1. The van der Waals surface area contributed by atoms with Gasteiger partial charge in [-0.2, -0.15) is 0 Å². The summed E-state index contributed by atoms with van der Waals surface area (Å²) in [6.07, 6.45) is 1.90. The van der Waals surface area contributed by atoms with E-state index in [0.29, 0.717) is 16.5 Å². The molecule has 9 heteroatoms. The number of nitrogens with one attached hydrogen (secondary N) is 1. The topological polar surface area (TPSA) is 90.3 Å². The molecule has 0 radical (unpaired) electrons. The van der Waals surface area contributed by atoms with Gasteiger partial charge in [0.25, 0.3) is 0 Å². The van der Waals surface area contributed by atoms with Gasteiger partial charge < -0.3 is 14.6 Å². The average molecular weight is 538 g/mol. The standard InChI is InChI=1S/C28H28ClN3O4S/c1-3-32-25-14-7-20(29)18-24(25)31-27(32)28(15-16-28)36-22-10-8-21(9-11-22)30-26(33)17-19-5-12-23(13-6-19)37(34,35)4-2/h5-14,18H,3-4,15-17H2,1-2H3,(H,30,33). The zero-order valence-corrected chi connectivity index (χ0v) is 22.3. The molecule has 1 heterocycles. The van der Waals surface area contributed by atoms with Gasteiger partial charge in [0, 0.05) is 17.3 Å². The van der Waals surface area contributed by atoms with Crippen molar-refractivity contribution in [1.82, 2.24) is 9.55 Å². The van der Waals surface area contributed by atoms with Crippen LogP contribution in [0.5, 0.6) is 5.75 Å². The van der Waals surface area contributed by atoms with Crippen LogP contribution in [0.3, 0.4) is 0 Å². The largest absolute Gasteiger partial charge is 0.479 e. The van der Waals surface area contributed by atoms with E-state index in [4.69, 9.17) is 21.3 Å². The highest BCUT2D eigenvalue weighted by Gasteiger charge is 2.51. The molecule has 0 atom stereocenters. The zero-order valence-electron chi connectivity index (χ0n) is 20.7. The third-order valence-electron chi connectivity index (χ3n) is 6.62. The third-order valence-corrected chi connectivity index (χ3v) is 8.60. The number of amides is 1. The van der Waals surface area contributed by atoms with Crippen LogP contribution in [0.4, 0.5) is 5.69 Å². The summed E-state index contributed by atoms with van der Waals surface area (Å²) in [5.41, 5.74) is 2.82. The molecule has 0 spiro atoms. The van der Waals surface area contributed by atoms with Gasteiger partial charge in [0.2, 0.25) is 5.91 Å². The second-order valence-corrected chi connectivity index (χ2v) is 11.9. The molecular formula is C28H28ClN3O4S. The average Bonchev–Trinajstić information content (AvgIpc) is 3.57. The summed E-state index contributed by atoms with van der Waals surface area (Å²) in [6, 6.07) is 19.5. The van der Waals surface area contributed by atoms with Crippen LogP contribution in [0, 0.1) is 0 Å². The van der Waals surface area contributed by atoms with Crippen molar-refractivity contribution < 1.29 is 17.9 Å². The Morgan fingerprint density at radius 2 is 1.76 bits per heavy atom. The quantitative estimate of drug-likeness (QED) is 0.293. The van der Waals surface area contributed by atoms with Crippen LogP contribution in [-0.2, 0) is 33.2 Å². The minimum atomic E-state index is -3.26.